The molecule has 0 aliphatic carbocycles. The molecule has 0 atom stereocenters. The molecule has 2 N–H and O–H groups in total. The first-order chi connectivity index (χ1) is 44.5. The first kappa shape index (κ1) is 66.9. The van der Waals surface area contributed by atoms with Crippen LogP contribution in [0.15, 0.2) is 244 Å². The fourth-order valence-electron chi connectivity index (χ4n) is 9.04. The van der Waals surface area contributed by atoms with Crippen molar-refractivity contribution in [1.29, 1.82) is 0 Å². The fourth-order valence-corrected chi connectivity index (χ4v) is 15.7. The molecule has 0 unspecified atom stereocenters. The van der Waals surface area contributed by atoms with Crippen LogP contribution in [-0.2, 0) is 49.1 Å². The molecule has 0 radical (unpaired) electrons. The van der Waals surface area contributed by atoms with E-state index in [1.807, 2.05) is 19.1 Å². The van der Waals surface area contributed by atoms with Gasteiger partial charge in [0.1, 0.15) is 77.9 Å². The quantitative estimate of drug-likeness (QED) is 0.0397. The van der Waals surface area contributed by atoms with E-state index in [2.05, 4.69) is 0 Å². The maximum Gasteiger partial charge on any atom is 0.265 e. The van der Waals surface area contributed by atoms with Gasteiger partial charge in [-0.15, -0.1) is 8.25 Å². The molecule has 0 aromatic heterocycles. The van der Waals surface area contributed by atoms with Gasteiger partial charge in [0, 0.05) is 62.3 Å². The number of ketones is 3. The van der Waals surface area contributed by atoms with Crippen LogP contribution in [0, 0.1) is 13.8 Å². The highest BCUT2D eigenvalue weighted by molar-refractivity contribution is 8.13. The summed E-state index contributed by atoms with van der Waals surface area (Å²) in [7, 11) is -16.2. The molecule has 0 saturated heterocycles. The standard InChI is InChI=1S/C67H51ClN2O19S5/c1-42-5-9-44(10-6-42)65(71)45-11-23-52(24-12-45)87-57-33-38-61(64(41-57)94(82,83)70-92(78,79)58-34-7-43(2)8-35-58)89-54-29-19-49(20-30-54)67(73)47-15-25-51(26-16-47)86-56-32-37-60(63(40-56)93(80,81)69-90(4,74)75)88-53-27-17-48(18-28-53)66(72)46-13-21-50(22-14-46)85-55-31-36-59(84-3)62(39-55)91(68,76)77/h5-41,69-70H,1-4H3. The summed E-state index contributed by atoms with van der Waals surface area (Å²) in [6.45, 7) is 3.64. The monoisotopic (exact) mass is 1380 g/mol. The van der Waals surface area contributed by atoms with Crippen molar-refractivity contribution in [2.24, 2.45) is 0 Å². The van der Waals surface area contributed by atoms with Crippen LogP contribution >= 0.6 is 10.7 Å². The Morgan fingerprint density at radius 2 is 0.585 bits per heavy atom. The van der Waals surface area contributed by atoms with Crippen molar-refractivity contribution in [1.82, 2.24) is 8.25 Å². The zero-order valence-electron chi connectivity index (χ0n) is 49.5. The molecule has 27 heteroatoms. The van der Waals surface area contributed by atoms with E-state index in [0.29, 0.717) is 17.4 Å². The Balaban J connectivity index is 0.815. The maximum absolute atomic E-state index is 14.1. The molecular formula is C67H51ClN2O19S5. The molecule has 10 rings (SSSR count). The minimum Gasteiger partial charge on any atom is -0.495 e. The van der Waals surface area contributed by atoms with Crippen LogP contribution in [0.4, 0.5) is 0 Å². The molecule has 10 aromatic carbocycles. The number of halogens is 1. The third-order valence-electron chi connectivity index (χ3n) is 13.7. The Bertz CT molecular complexity index is 5160. The maximum atomic E-state index is 14.1. The normalized spacial score (nSPS) is 11.9. The summed E-state index contributed by atoms with van der Waals surface area (Å²) in [4.78, 5) is 38.5. The Morgan fingerprint density at radius 1 is 0.319 bits per heavy atom. The third kappa shape index (κ3) is 16.4. The number of carbonyl (C=O) groups excluding carboxylic acids is 3. The SMILES string of the molecule is COc1ccc(Oc2ccc(C(=O)c3ccc(Oc4ccc(Oc5ccc(C(=O)c6ccc(Oc7ccc(Oc8ccc(C(=O)c9ccc(C)cc9)cc8)cc7S(=O)(=O)NS(=O)(=O)c7ccc(C)cc7)cc6)cc5)cc4S(=O)(=O)NS(C)(=O)=O)cc3)cc2)cc1S(=O)(=O)Cl. The van der Waals surface area contributed by atoms with Crippen molar-refractivity contribution in [2.45, 2.75) is 33.4 Å². The number of benzene rings is 10. The lowest BCUT2D eigenvalue weighted by Crippen LogP contribution is -2.31. The van der Waals surface area contributed by atoms with Crippen molar-refractivity contribution in [3.63, 3.8) is 0 Å². The number of hydrogen-bond donors (Lipinski definition) is 2. The molecule has 480 valence electrons. The second-order valence-corrected chi connectivity index (χ2v) is 30.5. The molecule has 0 aliphatic heterocycles. The lowest BCUT2D eigenvalue weighted by molar-refractivity contribution is 0.103. The number of rotatable bonds is 25. The summed E-state index contributed by atoms with van der Waals surface area (Å²) >= 11 is 0. The third-order valence-corrected chi connectivity index (χ3v) is 21.6. The van der Waals surface area contributed by atoms with Crippen molar-refractivity contribution < 1.29 is 84.9 Å². The molecule has 10 aromatic rings. The second kappa shape index (κ2) is 27.3. The smallest absolute Gasteiger partial charge is 0.265 e. The Morgan fingerprint density at radius 3 is 0.894 bits per heavy atom. The number of aryl methyl sites for hydroxylation is 2. The minimum atomic E-state index is -4.96. The Labute approximate surface area is 545 Å². The number of carbonyl (C=O) groups is 3. The number of nitrogens with one attached hydrogen (secondary N) is 2. The summed E-state index contributed by atoms with van der Waals surface area (Å²) < 4.78 is 169. The highest BCUT2D eigenvalue weighted by Gasteiger charge is 2.30. The summed E-state index contributed by atoms with van der Waals surface area (Å²) in [5, 5.41) is 0. The predicted molar refractivity (Wildman–Crippen MR) is 347 cm³/mol. The largest absolute Gasteiger partial charge is 0.495 e. The lowest BCUT2D eigenvalue weighted by Gasteiger charge is -2.15. The van der Waals surface area contributed by atoms with Crippen LogP contribution < -0.4 is 36.7 Å². The van der Waals surface area contributed by atoms with Crippen LogP contribution in [0.2, 0.25) is 0 Å². The van der Waals surface area contributed by atoms with Crippen LogP contribution in [-0.4, -0.2) is 72.8 Å². The molecular weight excluding hydrogens is 1330 g/mol. The van der Waals surface area contributed by atoms with Crippen LogP contribution in [0.1, 0.15) is 58.9 Å². The van der Waals surface area contributed by atoms with Gasteiger partial charge in [0.25, 0.3) is 39.1 Å². The second-order valence-electron chi connectivity index (χ2n) is 20.7. The molecule has 0 aliphatic rings. The van der Waals surface area contributed by atoms with Crippen molar-refractivity contribution >= 4 is 77.2 Å². The summed E-state index contributed by atoms with van der Waals surface area (Å²) in [6, 6.07) is 52.9. The zero-order valence-corrected chi connectivity index (χ0v) is 54.4. The van der Waals surface area contributed by atoms with E-state index in [4.69, 9.17) is 39.1 Å². The Hall–Kier alpha value is -10.0. The molecule has 0 bridgehead atoms. The van der Waals surface area contributed by atoms with E-state index in [1.165, 1.54) is 183 Å². The van der Waals surface area contributed by atoms with Gasteiger partial charge in [-0.1, -0.05) is 47.5 Å². The van der Waals surface area contributed by atoms with Gasteiger partial charge in [-0.05, 0) is 184 Å². The summed E-state index contributed by atoms with van der Waals surface area (Å²) in [5.41, 5.74) is 3.37. The van der Waals surface area contributed by atoms with E-state index in [1.54, 1.807) is 39.4 Å². The summed E-state index contributed by atoms with van der Waals surface area (Å²) in [5.74, 6) is -1.03. The molecule has 0 amide bonds. The van der Waals surface area contributed by atoms with Gasteiger partial charge in [-0.2, -0.15) is 0 Å². The Kier molecular flexibility index (Phi) is 19.4. The molecule has 21 nitrogen and oxygen atoms in total. The van der Waals surface area contributed by atoms with Gasteiger partial charge in [-0.25, -0.2) is 42.1 Å². The van der Waals surface area contributed by atoms with Crippen molar-refractivity contribution in [2.75, 3.05) is 13.4 Å². The van der Waals surface area contributed by atoms with Crippen LogP contribution in [0.3, 0.4) is 0 Å². The van der Waals surface area contributed by atoms with Crippen molar-refractivity contribution in [3.8, 4) is 63.2 Å². The van der Waals surface area contributed by atoms with Gasteiger partial charge >= 0.3 is 0 Å². The molecule has 0 spiro atoms. The van der Waals surface area contributed by atoms with Crippen LogP contribution in [0.5, 0.6) is 63.2 Å². The lowest BCUT2D eigenvalue weighted by atomic mass is 10.0. The van der Waals surface area contributed by atoms with E-state index < -0.39 is 70.5 Å². The number of hydrogen-bond acceptors (Lipinski definition) is 19. The van der Waals surface area contributed by atoms with E-state index in [9.17, 15) is 56.5 Å². The number of ether oxygens (including phenoxy) is 6. The van der Waals surface area contributed by atoms with Gasteiger partial charge in [0.2, 0.25) is 10.0 Å². The van der Waals surface area contributed by atoms with Gasteiger partial charge in [0.05, 0.1) is 18.3 Å². The van der Waals surface area contributed by atoms with Gasteiger partial charge in [0.15, 0.2) is 17.3 Å². The highest BCUT2D eigenvalue weighted by atomic mass is 35.7. The topological polar surface area (TPSA) is 301 Å². The van der Waals surface area contributed by atoms with E-state index in [0.717, 1.165) is 23.3 Å². The minimum absolute atomic E-state index is 0.0194. The molecule has 0 heterocycles. The van der Waals surface area contributed by atoms with Crippen LogP contribution in [0.25, 0.3) is 0 Å². The average molecular weight is 1380 g/mol. The molecule has 94 heavy (non-hydrogen) atoms. The number of methoxy groups -OCH3 is 1. The first-order valence-corrected chi connectivity index (χ1v) is 36.2. The van der Waals surface area contributed by atoms with E-state index >= 15 is 0 Å². The summed E-state index contributed by atoms with van der Waals surface area (Å²) in [6.07, 6.45) is 0.646. The van der Waals surface area contributed by atoms with Gasteiger partial charge < -0.3 is 28.4 Å². The fraction of sp³-hybridized carbons (Fsp3) is 0.0597. The molecule has 0 saturated carbocycles. The van der Waals surface area contributed by atoms with Crippen molar-refractivity contribution in [3.05, 3.63) is 269 Å². The average Bonchev–Trinajstić information content (AvgIpc) is 0.801. The van der Waals surface area contributed by atoms with E-state index in [-0.39, 0.29) is 101 Å². The molecule has 0 fully saturated rings. The zero-order chi connectivity index (χ0) is 67.3. The number of sulfonamides is 4. The first-order valence-electron chi connectivity index (χ1n) is 27.6. The van der Waals surface area contributed by atoms with Gasteiger partial charge in [-0.3, -0.25) is 14.4 Å². The highest BCUT2D eigenvalue weighted by Crippen LogP contribution is 2.38. The predicted octanol–water partition coefficient (Wildman–Crippen LogP) is 12.8.